The van der Waals surface area contributed by atoms with Crippen LogP contribution in [0.25, 0.3) is 0 Å². The van der Waals surface area contributed by atoms with Crippen LogP contribution in [0.3, 0.4) is 0 Å². The highest BCUT2D eigenvalue weighted by Crippen LogP contribution is 2.24. The van der Waals surface area contributed by atoms with Gasteiger partial charge in [0.1, 0.15) is 0 Å². The van der Waals surface area contributed by atoms with Crippen molar-refractivity contribution >= 4 is 26.0 Å². The molecule has 1 heterocycles. The van der Waals surface area contributed by atoms with E-state index in [-0.39, 0.29) is 10.9 Å². The Bertz CT molecular complexity index is 557. The van der Waals surface area contributed by atoms with E-state index in [4.69, 9.17) is 4.74 Å². The van der Waals surface area contributed by atoms with Crippen LogP contribution in [0.5, 0.6) is 0 Å². The van der Waals surface area contributed by atoms with Gasteiger partial charge in [0, 0.05) is 23.7 Å². The second-order valence-electron chi connectivity index (χ2n) is 4.73. The molecule has 112 valence electrons. The molecular formula is C13H19BrN2O3S. The van der Waals surface area contributed by atoms with Crippen LogP contribution < -0.4 is 10.0 Å². The van der Waals surface area contributed by atoms with Crippen LogP contribution in [0, 0.1) is 0 Å². The topological polar surface area (TPSA) is 67.4 Å². The summed E-state index contributed by atoms with van der Waals surface area (Å²) in [6.45, 7) is 4.67. The van der Waals surface area contributed by atoms with Crippen molar-refractivity contribution in [3.05, 3.63) is 28.2 Å². The number of hydrogen-bond acceptors (Lipinski definition) is 4. The molecule has 1 saturated heterocycles. The standard InChI is InChI=1S/C13H19BrN2O3S/c1-2-15-8-10-3-4-13(12(14)7-10)20(17,18)16-11-5-6-19-9-11/h3-4,7,11,15-16H,2,5-6,8-9H2,1H3. The molecule has 0 bridgehead atoms. The molecule has 20 heavy (non-hydrogen) atoms. The third kappa shape index (κ3) is 4.02. The average Bonchev–Trinajstić information content (AvgIpc) is 2.88. The zero-order valence-corrected chi connectivity index (χ0v) is 13.8. The van der Waals surface area contributed by atoms with Crippen molar-refractivity contribution in [1.29, 1.82) is 0 Å². The zero-order valence-electron chi connectivity index (χ0n) is 11.4. The summed E-state index contributed by atoms with van der Waals surface area (Å²) in [4.78, 5) is 0.268. The zero-order chi connectivity index (χ0) is 14.6. The molecule has 0 aliphatic carbocycles. The van der Waals surface area contributed by atoms with Crippen molar-refractivity contribution in [1.82, 2.24) is 10.0 Å². The summed E-state index contributed by atoms with van der Waals surface area (Å²) >= 11 is 3.35. The normalized spacial score (nSPS) is 19.4. The van der Waals surface area contributed by atoms with E-state index in [0.29, 0.717) is 17.7 Å². The molecular weight excluding hydrogens is 344 g/mol. The van der Waals surface area contributed by atoms with E-state index in [1.165, 1.54) is 0 Å². The second kappa shape index (κ2) is 7.00. The van der Waals surface area contributed by atoms with E-state index in [0.717, 1.165) is 25.1 Å². The number of benzene rings is 1. The molecule has 1 aliphatic rings. The highest BCUT2D eigenvalue weighted by molar-refractivity contribution is 9.10. The Balaban J connectivity index is 2.14. The Hall–Kier alpha value is -0.470. The predicted molar refractivity (Wildman–Crippen MR) is 81.1 cm³/mol. The quantitative estimate of drug-likeness (QED) is 0.806. The lowest BCUT2D eigenvalue weighted by Gasteiger charge is -2.13. The van der Waals surface area contributed by atoms with Gasteiger partial charge in [-0.3, -0.25) is 0 Å². The Labute approximate surface area is 128 Å². The van der Waals surface area contributed by atoms with Gasteiger partial charge in [-0.15, -0.1) is 0 Å². The first-order valence-electron chi connectivity index (χ1n) is 6.62. The first-order valence-corrected chi connectivity index (χ1v) is 8.90. The lowest BCUT2D eigenvalue weighted by atomic mass is 10.2. The average molecular weight is 363 g/mol. The van der Waals surface area contributed by atoms with E-state index in [9.17, 15) is 8.42 Å². The van der Waals surface area contributed by atoms with Crippen molar-refractivity contribution in [2.24, 2.45) is 0 Å². The number of halogens is 1. The fourth-order valence-corrected chi connectivity index (χ4v) is 4.43. The van der Waals surface area contributed by atoms with Crippen molar-refractivity contribution in [2.75, 3.05) is 19.8 Å². The summed E-state index contributed by atoms with van der Waals surface area (Å²) in [6, 6.07) is 5.16. The molecule has 1 aliphatic heterocycles. The van der Waals surface area contributed by atoms with E-state index >= 15 is 0 Å². The molecule has 0 radical (unpaired) electrons. The molecule has 0 saturated carbocycles. The predicted octanol–water partition coefficient (Wildman–Crippen LogP) is 1.63. The first kappa shape index (κ1) is 15.9. The number of hydrogen-bond donors (Lipinski definition) is 2. The van der Waals surface area contributed by atoms with E-state index in [1.54, 1.807) is 6.07 Å². The van der Waals surface area contributed by atoms with Gasteiger partial charge in [0.25, 0.3) is 0 Å². The summed E-state index contributed by atoms with van der Waals surface area (Å²) in [7, 11) is -3.51. The molecule has 2 rings (SSSR count). The smallest absolute Gasteiger partial charge is 0.242 e. The van der Waals surface area contributed by atoms with Crippen LogP contribution >= 0.6 is 15.9 Å². The SMILES string of the molecule is CCNCc1ccc(S(=O)(=O)NC2CCOC2)c(Br)c1. The fraction of sp³-hybridized carbons (Fsp3) is 0.538. The number of rotatable bonds is 6. The summed E-state index contributed by atoms with van der Waals surface area (Å²) in [6.07, 6.45) is 0.718. The largest absolute Gasteiger partial charge is 0.380 e. The molecule has 0 amide bonds. The molecule has 2 N–H and O–H groups in total. The van der Waals surface area contributed by atoms with Gasteiger partial charge < -0.3 is 10.1 Å². The maximum absolute atomic E-state index is 12.3. The van der Waals surface area contributed by atoms with Crippen molar-refractivity contribution in [2.45, 2.75) is 30.8 Å². The van der Waals surface area contributed by atoms with Crippen LogP contribution in [0.1, 0.15) is 18.9 Å². The van der Waals surface area contributed by atoms with Gasteiger partial charge >= 0.3 is 0 Å². The molecule has 1 atom stereocenters. The third-order valence-corrected chi connectivity index (χ3v) is 5.61. The first-order chi connectivity index (χ1) is 9.53. The summed E-state index contributed by atoms with van der Waals surface area (Å²) < 4.78 is 33.1. The number of nitrogens with one attached hydrogen (secondary N) is 2. The van der Waals surface area contributed by atoms with Crippen LogP contribution in [0.2, 0.25) is 0 Å². The summed E-state index contributed by atoms with van der Waals surface area (Å²) in [5, 5.41) is 3.21. The maximum atomic E-state index is 12.3. The van der Waals surface area contributed by atoms with Gasteiger partial charge in [-0.05, 0) is 46.6 Å². The van der Waals surface area contributed by atoms with Crippen LogP contribution in [0.15, 0.2) is 27.6 Å². The van der Waals surface area contributed by atoms with E-state index in [2.05, 4.69) is 26.0 Å². The van der Waals surface area contributed by atoms with Gasteiger partial charge in [0.05, 0.1) is 11.5 Å². The monoisotopic (exact) mass is 362 g/mol. The second-order valence-corrected chi connectivity index (χ2v) is 7.26. The molecule has 1 aromatic carbocycles. The van der Waals surface area contributed by atoms with Crippen molar-refractivity contribution in [3.63, 3.8) is 0 Å². The molecule has 1 unspecified atom stereocenters. The highest BCUT2D eigenvalue weighted by atomic mass is 79.9. The van der Waals surface area contributed by atoms with Crippen LogP contribution in [-0.2, 0) is 21.3 Å². The molecule has 1 aromatic rings. The van der Waals surface area contributed by atoms with E-state index in [1.807, 2.05) is 19.1 Å². The molecule has 0 aromatic heterocycles. The van der Waals surface area contributed by atoms with Crippen LogP contribution in [-0.4, -0.2) is 34.2 Å². The van der Waals surface area contributed by atoms with E-state index < -0.39 is 10.0 Å². The van der Waals surface area contributed by atoms with Gasteiger partial charge in [-0.1, -0.05) is 13.0 Å². The Morgan fingerprint density at radius 3 is 2.85 bits per heavy atom. The van der Waals surface area contributed by atoms with Crippen molar-refractivity contribution in [3.8, 4) is 0 Å². The Morgan fingerprint density at radius 2 is 2.25 bits per heavy atom. The molecule has 7 heteroatoms. The van der Waals surface area contributed by atoms with Crippen molar-refractivity contribution < 1.29 is 13.2 Å². The molecule has 0 spiro atoms. The lowest BCUT2D eigenvalue weighted by Crippen LogP contribution is -2.35. The van der Waals surface area contributed by atoms with Gasteiger partial charge in [-0.2, -0.15) is 0 Å². The Morgan fingerprint density at radius 1 is 1.45 bits per heavy atom. The minimum absolute atomic E-state index is 0.131. The number of sulfonamides is 1. The highest BCUT2D eigenvalue weighted by Gasteiger charge is 2.25. The van der Waals surface area contributed by atoms with Gasteiger partial charge in [0.15, 0.2) is 0 Å². The maximum Gasteiger partial charge on any atom is 0.242 e. The lowest BCUT2D eigenvalue weighted by molar-refractivity contribution is 0.192. The van der Waals surface area contributed by atoms with Crippen LogP contribution in [0.4, 0.5) is 0 Å². The fourth-order valence-electron chi connectivity index (χ4n) is 2.05. The van der Waals surface area contributed by atoms with Gasteiger partial charge in [0.2, 0.25) is 10.0 Å². The molecule has 5 nitrogen and oxygen atoms in total. The Kier molecular flexibility index (Phi) is 5.57. The van der Waals surface area contributed by atoms with Gasteiger partial charge in [-0.25, -0.2) is 13.1 Å². The summed E-state index contributed by atoms with van der Waals surface area (Å²) in [5.74, 6) is 0. The summed E-state index contributed by atoms with van der Waals surface area (Å²) in [5.41, 5.74) is 1.04. The third-order valence-electron chi connectivity index (χ3n) is 3.12. The molecule has 1 fully saturated rings. The number of ether oxygens (including phenoxy) is 1. The minimum Gasteiger partial charge on any atom is -0.380 e. The minimum atomic E-state index is -3.51.